The molecule has 17 heavy (non-hydrogen) atoms. The second-order valence-corrected chi connectivity index (χ2v) is 3.63. The molecule has 1 rings (SSSR count). The van der Waals surface area contributed by atoms with E-state index in [4.69, 9.17) is 10.8 Å². The van der Waals surface area contributed by atoms with Crippen LogP contribution in [-0.4, -0.2) is 40.2 Å². The summed E-state index contributed by atoms with van der Waals surface area (Å²) in [5.41, 5.74) is 5.71. The van der Waals surface area contributed by atoms with Crippen LogP contribution in [0.3, 0.4) is 0 Å². The summed E-state index contributed by atoms with van der Waals surface area (Å²) in [4.78, 5) is 24.8. The van der Waals surface area contributed by atoms with Gasteiger partial charge in [-0.05, 0) is 13.0 Å². The van der Waals surface area contributed by atoms with Crippen molar-refractivity contribution in [3.8, 4) is 0 Å². The maximum atomic E-state index is 11.8. The second kappa shape index (κ2) is 6.05. The molecule has 0 atom stereocenters. The van der Waals surface area contributed by atoms with Gasteiger partial charge in [0.05, 0.1) is 6.61 Å². The van der Waals surface area contributed by atoms with E-state index in [0.717, 1.165) is 0 Å². The Bertz CT molecular complexity index is 442. The van der Waals surface area contributed by atoms with Crippen molar-refractivity contribution in [3.63, 3.8) is 0 Å². The normalized spacial score (nSPS) is 10.2. The van der Waals surface area contributed by atoms with E-state index in [1.54, 1.807) is 0 Å². The number of pyridine rings is 1. The van der Waals surface area contributed by atoms with E-state index in [0.29, 0.717) is 12.2 Å². The van der Waals surface area contributed by atoms with Gasteiger partial charge in [0.15, 0.2) is 0 Å². The Morgan fingerprint density at radius 1 is 1.53 bits per heavy atom. The molecule has 0 aliphatic carbocycles. The highest BCUT2D eigenvalue weighted by molar-refractivity contribution is 5.76. The Hall–Kier alpha value is -1.82. The van der Waals surface area contributed by atoms with Crippen molar-refractivity contribution < 1.29 is 9.90 Å². The van der Waals surface area contributed by atoms with Crippen LogP contribution in [0.15, 0.2) is 23.1 Å². The monoisotopic (exact) mass is 239 g/mol. The van der Waals surface area contributed by atoms with Gasteiger partial charge in [-0.3, -0.25) is 9.59 Å². The Labute approximate surface area is 99.3 Å². The number of nitrogen functional groups attached to an aromatic ring is 1. The summed E-state index contributed by atoms with van der Waals surface area (Å²) < 4.78 is 1.26. The van der Waals surface area contributed by atoms with Crippen molar-refractivity contribution in [3.05, 3.63) is 28.7 Å². The zero-order chi connectivity index (χ0) is 12.8. The largest absolute Gasteiger partial charge is 0.398 e. The molecule has 94 valence electrons. The molecule has 0 aliphatic rings. The summed E-state index contributed by atoms with van der Waals surface area (Å²) in [5, 5.41) is 8.80. The highest BCUT2D eigenvalue weighted by Gasteiger charge is 2.12. The standard InChI is InChI=1S/C11H17N3O3/c1-2-13(5-6-15)11(17)8-14-7-9(12)3-4-10(14)16/h3-4,7,15H,2,5-6,8,12H2,1H3. The van der Waals surface area contributed by atoms with E-state index in [1.165, 1.54) is 27.8 Å². The van der Waals surface area contributed by atoms with Crippen molar-refractivity contribution in [2.75, 3.05) is 25.4 Å². The number of likely N-dealkylation sites (N-methyl/N-ethyl adjacent to an activating group) is 1. The van der Waals surface area contributed by atoms with Crippen LogP contribution in [-0.2, 0) is 11.3 Å². The zero-order valence-electron chi connectivity index (χ0n) is 9.80. The van der Waals surface area contributed by atoms with Crippen LogP contribution in [0.25, 0.3) is 0 Å². The molecule has 0 unspecified atom stereocenters. The molecule has 3 N–H and O–H groups in total. The Kier molecular flexibility index (Phi) is 4.71. The van der Waals surface area contributed by atoms with Crippen LogP contribution in [0.1, 0.15) is 6.92 Å². The maximum absolute atomic E-state index is 11.8. The summed E-state index contributed by atoms with van der Waals surface area (Å²) in [6.45, 7) is 2.43. The highest BCUT2D eigenvalue weighted by atomic mass is 16.3. The molecule has 0 radical (unpaired) electrons. The lowest BCUT2D eigenvalue weighted by Gasteiger charge is -2.20. The average molecular weight is 239 g/mol. The minimum Gasteiger partial charge on any atom is -0.398 e. The van der Waals surface area contributed by atoms with E-state index < -0.39 is 0 Å². The van der Waals surface area contributed by atoms with Gasteiger partial charge in [0.25, 0.3) is 5.56 Å². The van der Waals surface area contributed by atoms with E-state index in [-0.39, 0.29) is 31.2 Å². The molecule has 1 aromatic rings. The van der Waals surface area contributed by atoms with Crippen molar-refractivity contribution >= 4 is 11.6 Å². The summed E-state index contributed by atoms with van der Waals surface area (Å²) in [5.74, 6) is -0.214. The predicted octanol–water partition coefficient (Wildman–Crippen LogP) is -0.729. The Morgan fingerprint density at radius 2 is 2.24 bits per heavy atom. The minimum absolute atomic E-state index is 0.0578. The number of nitrogens with zero attached hydrogens (tertiary/aromatic N) is 2. The van der Waals surface area contributed by atoms with E-state index in [9.17, 15) is 9.59 Å². The van der Waals surface area contributed by atoms with Gasteiger partial charge in [-0.15, -0.1) is 0 Å². The number of aliphatic hydroxyl groups excluding tert-OH is 1. The Balaban J connectivity index is 2.79. The predicted molar refractivity (Wildman–Crippen MR) is 64.5 cm³/mol. The fourth-order valence-electron chi connectivity index (χ4n) is 1.50. The number of rotatable bonds is 5. The second-order valence-electron chi connectivity index (χ2n) is 3.63. The lowest BCUT2D eigenvalue weighted by Crippen LogP contribution is -2.37. The number of carbonyl (C=O) groups excluding carboxylic acids is 1. The van der Waals surface area contributed by atoms with Crippen molar-refractivity contribution in [2.45, 2.75) is 13.5 Å². The van der Waals surface area contributed by atoms with Gasteiger partial charge in [0, 0.05) is 31.0 Å². The van der Waals surface area contributed by atoms with Crippen LogP contribution in [0, 0.1) is 0 Å². The number of carbonyl (C=O) groups is 1. The smallest absolute Gasteiger partial charge is 0.251 e. The molecule has 6 nitrogen and oxygen atoms in total. The van der Waals surface area contributed by atoms with Gasteiger partial charge in [0.1, 0.15) is 6.54 Å². The van der Waals surface area contributed by atoms with Gasteiger partial charge in [0.2, 0.25) is 5.91 Å². The molecule has 1 amide bonds. The van der Waals surface area contributed by atoms with E-state index >= 15 is 0 Å². The first-order valence-corrected chi connectivity index (χ1v) is 5.43. The third-order valence-corrected chi connectivity index (χ3v) is 2.42. The first kappa shape index (κ1) is 13.2. The lowest BCUT2D eigenvalue weighted by atomic mass is 10.4. The summed E-state index contributed by atoms with van der Waals surface area (Å²) in [6, 6.07) is 2.82. The van der Waals surface area contributed by atoms with Gasteiger partial charge in [-0.1, -0.05) is 0 Å². The molecule has 0 aliphatic heterocycles. The van der Waals surface area contributed by atoms with Crippen LogP contribution < -0.4 is 11.3 Å². The third kappa shape index (κ3) is 3.60. The molecular formula is C11H17N3O3. The van der Waals surface area contributed by atoms with Crippen LogP contribution in [0.4, 0.5) is 5.69 Å². The molecule has 0 bridgehead atoms. The van der Waals surface area contributed by atoms with Gasteiger partial charge < -0.3 is 20.3 Å². The van der Waals surface area contributed by atoms with Crippen molar-refractivity contribution in [1.29, 1.82) is 0 Å². The number of aliphatic hydroxyl groups is 1. The van der Waals surface area contributed by atoms with Gasteiger partial charge in [-0.2, -0.15) is 0 Å². The fourth-order valence-corrected chi connectivity index (χ4v) is 1.50. The van der Waals surface area contributed by atoms with E-state index in [2.05, 4.69) is 0 Å². The van der Waals surface area contributed by atoms with Crippen LogP contribution in [0.5, 0.6) is 0 Å². The number of aromatic nitrogens is 1. The number of amides is 1. The van der Waals surface area contributed by atoms with E-state index in [1.807, 2.05) is 6.92 Å². The van der Waals surface area contributed by atoms with Gasteiger partial charge in [-0.25, -0.2) is 0 Å². The summed E-state index contributed by atoms with van der Waals surface area (Å²) in [7, 11) is 0. The molecule has 1 heterocycles. The first-order valence-electron chi connectivity index (χ1n) is 5.43. The number of hydrogen-bond acceptors (Lipinski definition) is 4. The van der Waals surface area contributed by atoms with Crippen molar-refractivity contribution in [1.82, 2.24) is 9.47 Å². The average Bonchev–Trinajstić information content (AvgIpc) is 2.30. The third-order valence-electron chi connectivity index (χ3n) is 2.42. The topological polar surface area (TPSA) is 88.6 Å². The fraction of sp³-hybridized carbons (Fsp3) is 0.455. The number of hydrogen-bond donors (Lipinski definition) is 2. The molecule has 0 saturated heterocycles. The summed E-state index contributed by atoms with van der Waals surface area (Å²) >= 11 is 0. The minimum atomic E-state index is -0.271. The first-order chi connectivity index (χ1) is 8.08. The Morgan fingerprint density at radius 3 is 2.82 bits per heavy atom. The molecule has 0 fully saturated rings. The lowest BCUT2D eigenvalue weighted by molar-refractivity contribution is -0.132. The van der Waals surface area contributed by atoms with Crippen LogP contribution in [0.2, 0.25) is 0 Å². The van der Waals surface area contributed by atoms with Crippen molar-refractivity contribution in [2.24, 2.45) is 0 Å². The summed E-state index contributed by atoms with van der Waals surface area (Å²) in [6.07, 6.45) is 1.44. The molecule has 0 spiro atoms. The molecule has 1 aromatic heterocycles. The highest BCUT2D eigenvalue weighted by Crippen LogP contribution is 1.98. The maximum Gasteiger partial charge on any atom is 0.251 e. The number of anilines is 1. The quantitative estimate of drug-likeness (QED) is 0.709. The number of nitrogens with two attached hydrogens (primary N) is 1. The van der Waals surface area contributed by atoms with Crippen LogP contribution >= 0.6 is 0 Å². The molecular weight excluding hydrogens is 222 g/mol. The van der Waals surface area contributed by atoms with Gasteiger partial charge >= 0.3 is 0 Å². The molecule has 0 saturated carbocycles. The molecule has 6 heteroatoms. The zero-order valence-corrected chi connectivity index (χ0v) is 9.80. The molecule has 0 aromatic carbocycles. The SMILES string of the molecule is CCN(CCO)C(=O)Cn1cc(N)ccc1=O.